The number of rotatable bonds is 4. The molecular formula is C13H14N6O2S. The van der Waals surface area contributed by atoms with Crippen LogP contribution >= 0.6 is 11.8 Å². The number of H-pyrrole nitrogens is 1. The number of carbonyl (C=O) groups is 2. The van der Waals surface area contributed by atoms with Crippen LogP contribution in [0.1, 0.15) is 34.6 Å². The first kappa shape index (κ1) is 14.6. The predicted octanol–water partition coefficient (Wildman–Crippen LogP) is 1.15. The highest BCUT2D eigenvalue weighted by molar-refractivity contribution is 7.99. The highest BCUT2D eigenvalue weighted by atomic mass is 32.2. The number of anilines is 1. The Morgan fingerprint density at radius 3 is 3.05 bits per heavy atom. The lowest BCUT2D eigenvalue weighted by molar-refractivity contribution is -0.113. The van der Waals surface area contributed by atoms with Crippen molar-refractivity contribution >= 4 is 29.4 Å². The van der Waals surface area contributed by atoms with Crippen LogP contribution in [0.2, 0.25) is 0 Å². The van der Waals surface area contributed by atoms with E-state index in [0.717, 1.165) is 18.5 Å². The van der Waals surface area contributed by atoms with E-state index in [2.05, 4.69) is 30.5 Å². The highest BCUT2D eigenvalue weighted by Crippen LogP contribution is 2.23. The zero-order valence-corrected chi connectivity index (χ0v) is 12.7. The molecule has 2 aromatic heterocycles. The van der Waals surface area contributed by atoms with E-state index in [-0.39, 0.29) is 23.4 Å². The minimum Gasteiger partial charge on any atom is -0.294 e. The second kappa shape index (κ2) is 6.22. The summed E-state index contributed by atoms with van der Waals surface area (Å²) in [5, 5.41) is 9.60. The fourth-order valence-electron chi connectivity index (χ4n) is 2.33. The molecule has 2 heterocycles. The van der Waals surface area contributed by atoms with Crippen molar-refractivity contribution in [3.63, 3.8) is 0 Å². The van der Waals surface area contributed by atoms with E-state index in [1.165, 1.54) is 18.1 Å². The van der Waals surface area contributed by atoms with E-state index in [9.17, 15) is 9.59 Å². The Hall–Kier alpha value is -2.29. The van der Waals surface area contributed by atoms with E-state index in [1.54, 1.807) is 6.92 Å². The lowest BCUT2D eigenvalue weighted by Gasteiger charge is -2.16. The molecule has 2 N–H and O–H groups in total. The van der Waals surface area contributed by atoms with Crippen molar-refractivity contribution in [1.82, 2.24) is 25.1 Å². The average molecular weight is 318 g/mol. The fraction of sp³-hybridized carbons (Fsp3) is 0.385. The van der Waals surface area contributed by atoms with Gasteiger partial charge in [0.05, 0.1) is 22.7 Å². The van der Waals surface area contributed by atoms with E-state index < -0.39 is 0 Å². The summed E-state index contributed by atoms with van der Waals surface area (Å²) in [7, 11) is 0. The Kier molecular flexibility index (Phi) is 4.14. The second-order valence-corrected chi connectivity index (χ2v) is 5.82. The third-order valence-electron chi connectivity index (χ3n) is 3.25. The molecule has 0 radical (unpaired) electrons. The molecule has 0 saturated carbocycles. The van der Waals surface area contributed by atoms with Crippen molar-refractivity contribution in [3.05, 3.63) is 23.3 Å². The maximum absolute atomic E-state index is 11.9. The summed E-state index contributed by atoms with van der Waals surface area (Å²) in [6, 6.07) is 0. The van der Waals surface area contributed by atoms with Gasteiger partial charge in [-0.25, -0.2) is 15.0 Å². The summed E-state index contributed by atoms with van der Waals surface area (Å²) in [6.45, 7) is 1.77. The van der Waals surface area contributed by atoms with Gasteiger partial charge in [-0.05, 0) is 19.8 Å². The Morgan fingerprint density at radius 2 is 2.27 bits per heavy atom. The number of hydrogen-bond donors (Lipinski definition) is 2. The lowest BCUT2D eigenvalue weighted by atomic mass is 9.94. The predicted molar refractivity (Wildman–Crippen MR) is 79.8 cm³/mol. The van der Waals surface area contributed by atoms with Gasteiger partial charge in [0.25, 0.3) is 0 Å². The Balaban J connectivity index is 1.69. The molecule has 0 aliphatic heterocycles. The van der Waals surface area contributed by atoms with Crippen molar-refractivity contribution in [2.24, 2.45) is 0 Å². The molecule has 0 spiro atoms. The third-order valence-corrected chi connectivity index (χ3v) is 4.12. The van der Waals surface area contributed by atoms with Crippen LogP contribution in [-0.2, 0) is 11.2 Å². The first-order chi connectivity index (χ1) is 10.6. The monoisotopic (exact) mass is 318 g/mol. The van der Waals surface area contributed by atoms with Crippen LogP contribution in [-0.4, -0.2) is 42.6 Å². The number of amides is 1. The fourth-order valence-corrected chi connectivity index (χ4v) is 2.91. The van der Waals surface area contributed by atoms with E-state index in [0.29, 0.717) is 22.8 Å². The minimum absolute atomic E-state index is 0.0810. The maximum atomic E-state index is 11.9. The van der Waals surface area contributed by atoms with Crippen LogP contribution in [0.25, 0.3) is 0 Å². The molecule has 0 atom stereocenters. The quantitative estimate of drug-likeness (QED) is 0.813. The van der Waals surface area contributed by atoms with Crippen molar-refractivity contribution in [2.45, 2.75) is 31.3 Å². The number of carbonyl (C=O) groups excluding carboxylic acids is 2. The molecule has 0 bridgehead atoms. The Bertz CT molecular complexity index is 716. The Morgan fingerprint density at radius 1 is 1.41 bits per heavy atom. The summed E-state index contributed by atoms with van der Waals surface area (Å²) >= 11 is 1.24. The van der Waals surface area contributed by atoms with Gasteiger partial charge < -0.3 is 0 Å². The molecule has 1 amide bonds. The number of fused-ring (bicyclic) bond motifs is 1. The van der Waals surface area contributed by atoms with Crippen molar-refractivity contribution in [2.75, 3.05) is 11.1 Å². The van der Waals surface area contributed by atoms with Gasteiger partial charge in [0, 0.05) is 6.42 Å². The highest BCUT2D eigenvalue weighted by Gasteiger charge is 2.22. The van der Waals surface area contributed by atoms with Gasteiger partial charge in [0.2, 0.25) is 11.9 Å². The van der Waals surface area contributed by atoms with E-state index >= 15 is 0 Å². The molecular weight excluding hydrogens is 304 g/mol. The van der Waals surface area contributed by atoms with Gasteiger partial charge in [0.1, 0.15) is 6.33 Å². The molecule has 22 heavy (non-hydrogen) atoms. The van der Waals surface area contributed by atoms with Crippen LogP contribution in [0, 0.1) is 6.92 Å². The van der Waals surface area contributed by atoms with Crippen LogP contribution in [0.5, 0.6) is 0 Å². The summed E-state index contributed by atoms with van der Waals surface area (Å²) in [4.78, 5) is 36.2. The van der Waals surface area contributed by atoms with Crippen LogP contribution < -0.4 is 5.32 Å². The maximum Gasteiger partial charge on any atom is 0.237 e. The number of nitrogens with zero attached hydrogens (tertiary/aromatic N) is 4. The van der Waals surface area contributed by atoms with Gasteiger partial charge in [-0.15, -0.1) is 0 Å². The Labute approximate surface area is 130 Å². The molecule has 8 nitrogen and oxygen atoms in total. The number of aromatic amines is 1. The topological polar surface area (TPSA) is 114 Å². The van der Waals surface area contributed by atoms with Crippen molar-refractivity contribution in [3.8, 4) is 0 Å². The molecule has 3 rings (SSSR count). The first-order valence-electron chi connectivity index (χ1n) is 6.82. The van der Waals surface area contributed by atoms with Crippen molar-refractivity contribution in [1.29, 1.82) is 0 Å². The number of aryl methyl sites for hydroxylation is 2. The summed E-state index contributed by atoms with van der Waals surface area (Å²) in [5.41, 5.74) is 1.95. The summed E-state index contributed by atoms with van der Waals surface area (Å²) < 4.78 is 0. The zero-order valence-electron chi connectivity index (χ0n) is 11.9. The molecule has 0 aromatic carbocycles. The molecule has 0 fully saturated rings. The molecule has 2 aromatic rings. The normalized spacial score (nSPS) is 13.8. The summed E-state index contributed by atoms with van der Waals surface area (Å²) in [5.74, 6) is 0.266. The molecule has 0 saturated heterocycles. The number of ketones is 1. The zero-order chi connectivity index (χ0) is 15.5. The molecule has 0 unspecified atom stereocenters. The number of aromatic nitrogens is 5. The van der Waals surface area contributed by atoms with Gasteiger partial charge >= 0.3 is 0 Å². The molecule has 1 aliphatic carbocycles. The molecule has 9 heteroatoms. The lowest BCUT2D eigenvalue weighted by Crippen LogP contribution is -2.21. The van der Waals surface area contributed by atoms with Gasteiger partial charge in [-0.3, -0.25) is 20.0 Å². The van der Waals surface area contributed by atoms with Crippen molar-refractivity contribution < 1.29 is 9.59 Å². The largest absolute Gasteiger partial charge is 0.294 e. The van der Waals surface area contributed by atoms with Gasteiger partial charge in [-0.2, -0.15) is 5.10 Å². The number of nitrogens with one attached hydrogen (secondary N) is 2. The smallest absolute Gasteiger partial charge is 0.237 e. The van der Waals surface area contributed by atoms with Crippen LogP contribution in [0.3, 0.4) is 0 Å². The van der Waals surface area contributed by atoms with E-state index in [1.807, 2.05) is 0 Å². The van der Waals surface area contributed by atoms with Crippen LogP contribution in [0.4, 0.5) is 5.95 Å². The molecule has 114 valence electrons. The SMILES string of the molecule is Cc1nc(NC(=O)CSc2ncn[nH]2)nc2c1C(=O)CCC2. The number of hydrogen-bond acceptors (Lipinski definition) is 7. The van der Waals surface area contributed by atoms with Gasteiger partial charge in [-0.1, -0.05) is 11.8 Å². The molecule has 1 aliphatic rings. The average Bonchev–Trinajstić information content (AvgIpc) is 2.98. The van der Waals surface area contributed by atoms with E-state index in [4.69, 9.17) is 0 Å². The third kappa shape index (κ3) is 3.14. The second-order valence-electron chi connectivity index (χ2n) is 4.86. The standard InChI is InChI=1S/C13H14N6O2S/c1-7-11-8(3-2-4-9(11)20)17-12(16-7)18-10(21)5-22-13-14-6-15-19-13/h6H,2-5H2,1H3,(H,14,15,19)(H,16,17,18,21). The minimum atomic E-state index is -0.233. The van der Waals surface area contributed by atoms with Crippen LogP contribution in [0.15, 0.2) is 11.5 Å². The number of thioether (sulfide) groups is 1. The number of Topliss-reactive ketones (excluding diaryl/α,β-unsaturated/α-hetero) is 1. The first-order valence-corrected chi connectivity index (χ1v) is 7.81. The van der Waals surface area contributed by atoms with Gasteiger partial charge in [0.15, 0.2) is 10.9 Å². The summed E-state index contributed by atoms with van der Waals surface area (Å²) in [6.07, 6.45) is 3.45.